The highest BCUT2D eigenvalue weighted by atomic mass is 35.5. The number of nitrogens with zero attached hydrogens (tertiary/aromatic N) is 3. The number of aromatic nitrogens is 2. The average molecular weight is 413 g/mol. The third-order valence-electron chi connectivity index (χ3n) is 5.06. The molecule has 0 spiro atoms. The number of rotatable bonds is 5. The highest BCUT2D eigenvalue weighted by Crippen LogP contribution is 2.27. The molecule has 7 nitrogen and oxygen atoms in total. The zero-order chi connectivity index (χ0) is 20.2. The zero-order valence-electron chi connectivity index (χ0n) is 15.7. The first kappa shape index (κ1) is 19.4. The predicted octanol–water partition coefficient (Wildman–Crippen LogP) is 3.95. The van der Waals surface area contributed by atoms with Crippen molar-refractivity contribution in [1.29, 1.82) is 0 Å². The highest BCUT2D eigenvalue weighted by molar-refractivity contribution is 6.33. The number of aromatic hydroxyl groups is 1. The van der Waals surface area contributed by atoms with Crippen LogP contribution >= 0.6 is 11.6 Å². The fraction of sp³-hybridized carbons (Fsp3) is 0.286. The molecule has 4 rings (SSSR count). The molecule has 2 heterocycles. The van der Waals surface area contributed by atoms with Gasteiger partial charge in [-0.2, -0.15) is 4.98 Å². The second-order valence-corrected chi connectivity index (χ2v) is 7.46. The first-order chi connectivity index (χ1) is 14.1. The van der Waals surface area contributed by atoms with Crippen molar-refractivity contribution in [2.75, 3.05) is 18.4 Å². The van der Waals surface area contributed by atoms with Crippen LogP contribution in [-0.4, -0.2) is 39.1 Å². The van der Waals surface area contributed by atoms with E-state index in [1.807, 2.05) is 18.2 Å². The molecule has 0 radical (unpaired) electrons. The Kier molecular flexibility index (Phi) is 5.78. The molecule has 0 bridgehead atoms. The molecule has 1 fully saturated rings. The number of amides is 1. The summed E-state index contributed by atoms with van der Waals surface area (Å²) in [5.74, 6) is 0.917. The van der Waals surface area contributed by atoms with Crippen LogP contribution in [0, 0.1) is 5.92 Å². The minimum atomic E-state index is -0.0905. The van der Waals surface area contributed by atoms with Gasteiger partial charge in [-0.1, -0.05) is 41.0 Å². The maximum absolute atomic E-state index is 12.5. The van der Waals surface area contributed by atoms with Crippen LogP contribution in [0.5, 0.6) is 5.75 Å². The molecular formula is C21H21ClN4O3. The normalized spacial score (nSPS) is 15.3. The van der Waals surface area contributed by atoms with Gasteiger partial charge in [0, 0.05) is 11.5 Å². The Morgan fingerprint density at radius 3 is 2.66 bits per heavy atom. The van der Waals surface area contributed by atoms with Crippen LogP contribution in [0.3, 0.4) is 0 Å². The topological polar surface area (TPSA) is 91.5 Å². The van der Waals surface area contributed by atoms with Crippen LogP contribution in [0.4, 0.5) is 5.69 Å². The summed E-state index contributed by atoms with van der Waals surface area (Å²) in [6.07, 6.45) is 1.45. The number of hydrogen-bond acceptors (Lipinski definition) is 6. The van der Waals surface area contributed by atoms with Crippen molar-refractivity contribution >= 4 is 23.2 Å². The number of likely N-dealkylation sites (tertiary alicyclic amines) is 1. The molecule has 29 heavy (non-hydrogen) atoms. The average Bonchev–Trinajstić information content (AvgIpc) is 3.19. The summed E-state index contributed by atoms with van der Waals surface area (Å²) in [4.78, 5) is 19.1. The quantitative estimate of drug-likeness (QED) is 0.616. The second kappa shape index (κ2) is 8.63. The van der Waals surface area contributed by atoms with Crippen LogP contribution in [0.2, 0.25) is 5.02 Å². The Bertz CT molecular complexity index is 999. The third kappa shape index (κ3) is 4.58. The van der Waals surface area contributed by atoms with E-state index in [9.17, 15) is 9.90 Å². The van der Waals surface area contributed by atoms with E-state index in [1.54, 1.807) is 30.3 Å². The van der Waals surface area contributed by atoms with Crippen LogP contribution < -0.4 is 5.32 Å². The lowest BCUT2D eigenvalue weighted by Gasteiger charge is -2.30. The van der Waals surface area contributed by atoms with Gasteiger partial charge < -0.3 is 14.9 Å². The molecule has 2 aromatic carbocycles. The molecule has 1 saturated heterocycles. The summed E-state index contributed by atoms with van der Waals surface area (Å²) >= 11 is 6.19. The van der Waals surface area contributed by atoms with Gasteiger partial charge in [-0.05, 0) is 50.2 Å². The van der Waals surface area contributed by atoms with E-state index in [0.29, 0.717) is 29.0 Å². The Morgan fingerprint density at radius 1 is 1.17 bits per heavy atom. The van der Waals surface area contributed by atoms with Gasteiger partial charge >= 0.3 is 0 Å². The molecular weight excluding hydrogens is 392 g/mol. The van der Waals surface area contributed by atoms with Gasteiger partial charge in [0.25, 0.3) is 0 Å². The molecule has 1 aromatic heterocycles. The SMILES string of the molecule is O=C(Nc1ccccc1O)C1CCN(Cc2nc(-c3ccccc3Cl)no2)CC1. The lowest BCUT2D eigenvalue weighted by molar-refractivity contribution is -0.121. The number of phenolic OH excluding ortho intramolecular Hbond substituents is 1. The van der Waals surface area contributed by atoms with Gasteiger partial charge in [0.15, 0.2) is 0 Å². The summed E-state index contributed by atoms with van der Waals surface area (Å²) < 4.78 is 5.37. The van der Waals surface area contributed by atoms with Crippen molar-refractivity contribution in [3.63, 3.8) is 0 Å². The van der Waals surface area contributed by atoms with E-state index in [4.69, 9.17) is 16.1 Å². The number of para-hydroxylation sites is 2. The van der Waals surface area contributed by atoms with Crippen molar-refractivity contribution in [3.05, 3.63) is 59.4 Å². The van der Waals surface area contributed by atoms with Crippen LogP contribution in [-0.2, 0) is 11.3 Å². The van der Waals surface area contributed by atoms with Crippen molar-refractivity contribution in [1.82, 2.24) is 15.0 Å². The summed E-state index contributed by atoms with van der Waals surface area (Å²) in [5.41, 5.74) is 1.18. The zero-order valence-corrected chi connectivity index (χ0v) is 16.5. The maximum atomic E-state index is 12.5. The first-order valence-electron chi connectivity index (χ1n) is 9.49. The summed E-state index contributed by atoms with van der Waals surface area (Å²) in [5, 5.41) is 17.2. The number of carbonyl (C=O) groups excluding carboxylic acids is 1. The molecule has 0 atom stereocenters. The Labute approximate surface area is 173 Å². The van der Waals surface area contributed by atoms with Crippen LogP contribution in [0.15, 0.2) is 53.1 Å². The number of hydrogen-bond donors (Lipinski definition) is 2. The number of halogens is 1. The molecule has 1 aliphatic rings. The smallest absolute Gasteiger partial charge is 0.241 e. The van der Waals surface area contributed by atoms with E-state index >= 15 is 0 Å². The van der Waals surface area contributed by atoms with E-state index in [2.05, 4.69) is 20.4 Å². The molecule has 0 aliphatic carbocycles. The Morgan fingerprint density at radius 2 is 1.90 bits per heavy atom. The van der Waals surface area contributed by atoms with Gasteiger partial charge in [-0.15, -0.1) is 0 Å². The molecule has 0 saturated carbocycles. The number of anilines is 1. The van der Waals surface area contributed by atoms with E-state index in [1.165, 1.54) is 0 Å². The van der Waals surface area contributed by atoms with Crippen molar-refractivity contribution in [2.24, 2.45) is 5.92 Å². The molecule has 1 amide bonds. The summed E-state index contributed by atoms with van der Waals surface area (Å²) in [6, 6.07) is 14.1. The lowest BCUT2D eigenvalue weighted by atomic mass is 9.96. The monoisotopic (exact) mass is 412 g/mol. The number of phenols is 1. The highest BCUT2D eigenvalue weighted by Gasteiger charge is 2.26. The molecule has 0 unspecified atom stereocenters. The van der Waals surface area contributed by atoms with Crippen LogP contribution in [0.1, 0.15) is 18.7 Å². The molecule has 3 aromatic rings. The Balaban J connectivity index is 1.31. The molecule has 1 aliphatic heterocycles. The van der Waals surface area contributed by atoms with Gasteiger partial charge in [0.05, 0.1) is 17.3 Å². The van der Waals surface area contributed by atoms with Crippen molar-refractivity contribution < 1.29 is 14.4 Å². The lowest BCUT2D eigenvalue weighted by Crippen LogP contribution is -2.37. The first-order valence-corrected chi connectivity index (χ1v) is 9.86. The van der Waals surface area contributed by atoms with Crippen molar-refractivity contribution in [2.45, 2.75) is 19.4 Å². The molecule has 150 valence electrons. The van der Waals surface area contributed by atoms with Gasteiger partial charge in [-0.3, -0.25) is 9.69 Å². The van der Waals surface area contributed by atoms with E-state index in [-0.39, 0.29) is 17.6 Å². The fourth-order valence-corrected chi connectivity index (χ4v) is 3.65. The third-order valence-corrected chi connectivity index (χ3v) is 5.39. The number of benzene rings is 2. The van der Waals surface area contributed by atoms with Crippen molar-refractivity contribution in [3.8, 4) is 17.1 Å². The van der Waals surface area contributed by atoms with Gasteiger partial charge in [-0.25, -0.2) is 0 Å². The fourth-order valence-electron chi connectivity index (χ4n) is 3.43. The number of carbonyl (C=O) groups is 1. The summed E-state index contributed by atoms with van der Waals surface area (Å²) in [6.45, 7) is 2.04. The minimum absolute atomic E-state index is 0.0649. The number of piperidine rings is 1. The van der Waals surface area contributed by atoms with Gasteiger partial charge in [0.1, 0.15) is 5.75 Å². The standard InChI is InChI=1S/C21H21ClN4O3/c22-16-6-2-1-5-15(16)20-24-19(29-25-20)13-26-11-9-14(10-12-26)21(28)23-17-7-3-4-8-18(17)27/h1-8,14,27H,9-13H2,(H,23,28). The van der Waals surface area contributed by atoms with Crippen LogP contribution in [0.25, 0.3) is 11.4 Å². The largest absolute Gasteiger partial charge is 0.506 e. The Hall–Kier alpha value is -2.90. The van der Waals surface area contributed by atoms with Gasteiger partial charge in [0.2, 0.25) is 17.6 Å². The summed E-state index contributed by atoms with van der Waals surface area (Å²) in [7, 11) is 0. The molecule has 8 heteroatoms. The van der Waals surface area contributed by atoms with E-state index < -0.39 is 0 Å². The minimum Gasteiger partial charge on any atom is -0.506 e. The van der Waals surface area contributed by atoms with E-state index in [0.717, 1.165) is 31.5 Å². The second-order valence-electron chi connectivity index (χ2n) is 7.05. The predicted molar refractivity (Wildman–Crippen MR) is 109 cm³/mol. The molecule has 2 N–H and O–H groups in total. The number of nitrogens with one attached hydrogen (secondary N) is 1. The maximum Gasteiger partial charge on any atom is 0.241 e.